The molecular formula is C13H15Cl2FN2O. The molecule has 1 saturated carbocycles. The van der Waals surface area contributed by atoms with Gasteiger partial charge in [-0.25, -0.2) is 4.39 Å². The average Bonchev–Trinajstić information content (AvgIpc) is 2.30. The highest BCUT2D eigenvalue weighted by molar-refractivity contribution is 6.35. The molecule has 0 unspecified atom stereocenters. The lowest BCUT2D eigenvalue weighted by molar-refractivity contribution is -0.119. The molecule has 0 radical (unpaired) electrons. The number of carbonyl (C=O) groups is 1. The number of nitrogens with two attached hydrogens (primary N) is 1. The second-order valence-corrected chi connectivity index (χ2v) is 5.85. The number of benzene rings is 1. The Morgan fingerprint density at radius 3 is 2.37 bits per heavy atom. The SMILES string of the molecule is NCC1(CC(=O)Nc2cc(Cl)c(F)c(Cl)c2)CCC1. The van der Waals surface area contributed by atoms with Crippen LogP contribution in [-0.2, 0) is 4.79 Å². The standard InChI is InChI=1S/C13H15Cl2FN2O/c14-9-4-8(5-10(15)12(9)16)18-11(19)6-13(7-17)2-1-3-13/h4-5H,1-3,6-7,17H2,(H,18,19). The third-order valence-corrected chi connectivity index (χ3v) is 4.20. The van der Waals surface area contributed by atoms with Crippen LogP contribution in [0.3, 0.4) is 0 Å². The Hall–Kier alpha value is -0.840. The highest BCUT2D eigenvalue weighted by Crippen LogP contribution is 2.43. The van der Waals surface area contributed by atoms with Gasteiger partial charge in [-0.3, -0.25) is 4.79 Å². The Morgan fingerprint density at radius 1 is 1.37 bits per heavy atom. The van der Waals surface area contributed by atoms with Gasteiger partial charge in [-0.1, -0.05) is 29.6 Å². The van der Waals surface area contributed by atoms with Crippen LogP contribution in [0, 0.1) is 11.2 Å². The molecule has 0 aliphatic heterocycles. The normalized spacial score (nSPS) is 16.8. The average molecular weight is 305 g/mol. The number of nitrogens with one attached hydrogen (secondary N) is 1. The molecule has 1 aromatic carbocycles. The minimum Gasteiger partial charge on any atom is -0.330 e. The van der Waals surface area contributed by atoms with Gasteiger partial charge >= 0.3 is 0 Å². The van der Waals surface area contributed by atoms with Crippen molar-refractivity contribution in [3.63, 3.8) is 0 Å². The molecular weight excluding hydrogens is 290 g/mol. The van der Waals surface area contributed by atoms with E-state index in [1.807, 2.05) is 0 Å². The summed E-state index contributed by atoms with van der Waals surface area (Å²) in [5.74, 6) is -0.831. The van der Waals surface area contributed by atoms with Crippen LogP contribution in [-0.4, -0.2) is 12.5 Å². The molecule has 0 saturated heterocycles. The molecule has 6 heteroatoms. The molecule has 1 aromatic rings. The summed E-state index contributed by atoms with van der Waals surface area (Å²) in [4.78, 5) is 11.9. The lowest BCUT2D eigenvalue weighted by Crippen LogP contribution is -2.40. The first kappa shape index (κ1) is 14.6. The van der Waals surface area contributed by atoms with Crippen molar-refractivity contribution in [2.45, 2.75) is 25.7 Å². The van der Waals surface area contributed by atoms with Crippen molar-refractivity contribution in [3.05, 3.63) is 28.0 Å². The summed E-state index contributed by atoms with van der Waals surface area (Å²) in [7, 11) is 0. The molecule has 1 aliphatic rings. The van der Waals surface area contributed by atoms with Crippen molar-refractivity contribution >= 4 is 34.8 Å². The van der Waals surface area contributed by atoms with Crippen molar-refractivity contribution in [3.8, 4) is 0 Å². The summed E-state index contributed by atoms with van der Waals surface area (Å²) in [6.45, 7) is 0.505. The van der Waals surface area contributed by atoms with Crippen molar-refractivity contribution in [1.29, 1.82) is 0 Å². The van der Waals surface area contributed by atoms with E-state index in [1.54, 1.807) is 0 Å². The number of hydrogen-bond donors (Lipinski definition) is 2. The Bertz CT molecular complexity index is 475. The Morgan fingerprint density at radius 2 is 1.95 bits per heavy atom. The van der Waals surface area contributed by atoms with E-state index in [-0.39, 0.29) is 21.4 Å². The third kappa shape index (κ3) is 3.19. The number of halogens is 3. The Labute approximate surface area is 121 Å². The number of anilines is 1. The van der Waals surface area contributed by atoms with Gasteiger partial charge in [0.2, 0.25) is 5.91 Å². The first-order valence-electron chi connectivity index (χ1n) is 6.10. The Balaban J connectivity index is 2.03. The molecule has 1 fully saturated rings. The first-order chi connectivity index (χ1) is 8.96. The van der Waals surface area contributed by atoms with Gasteiger partial charge in [-0.15, -0.1) is 0 Å². The minimum atomic E-state index is -0.682. The molecule has 1 aliphatic carbocycles. The summed E-state index contributed by atoms with van der Waals surface area (Å²) in [6, 6.07) is 2.69. The zero-order chi connectivity index (χ0) is 14.0. The quantitative estimate of drug-likeness (QED) is 0.835. The maximum Gasteiger partial charge on any atom is 0.224 e. The van der Waals surface area contributed by atoms with E-state index in [0.717, 1.165) is 19.3 Å². The number of carbonyl (C=O) groups excluding carboxylic acids is 1. The summed E-state index contributed by atoms with van der Waals surface area (Å²) in [5, 5.41) is 2.46. The highest BCUT2D eigenvalue weighted by atomic mass is 35.5. The van der Waals surface area contributed by atoms with Crippen molar-refractivity contribution in [1.82, 2.24) is 0 Å². The topological polar surface area (TPSA) is 55.1 Å². The van der Waals surface area contributed by atoms with Gasteiger partial charge < -0.3 is 11.1 Å². The second-order valence-electron chi connectivity index (χ2n) is 5.04. The molecule has 0 aromatic heterocycles. The molecule has 0 atom stereocenters. The fraction of sp³-hybridized carbons (Fsp3) is 0.462. The van der Waals surface area contributed by atoms with E-state index >= 15 is 0 Å². The fourth-order valence-corrected chi connectivity index (χ4v) is 2.79. The molecule has 3 nitrogen and oxygen atoms in total. The maximum atomic E-state index is 13.2. The monoisotopic (exact) mass is 304 g/mol. The van der Waals surface area contributed by atoms with E-state index in [0.29, 0.717) is 18.7 Å². The van der Waals surface area contributed by atoms with Gasteiger partial charge in [0.1, 0.15) is 0 Å². The highest BCUT2D eigenvalue weighted by Gasteiger charge is 2.37. The van der Waals surface area contributed by atoms with Crippen LogP contribution >= 0.6 is 23.2 Å². The third-order valence-electron chi connectivity index (χ3n) is 3.65. The van der Waals surface area contributed by atoms with Gasteiger partial charge in [0.05, 0.1) is 10.0 Å². The summed E-state index contributed by atoms with van der Waals surface area (Å²) < 4.78 is 13.2. The predicted octanol–water partition coefficient (Wildman–Crippen LogP) is 3.59. The van der Waals surface area contributed by atoms with E-state index in [9.17, 15) is 9.18 Å². The van der Waals surface area contributed by atoms with E-state index < -0.39 is 5.82 Å². The van der Waals surface area contributed by atoms with Crippen LogP contribution < -0.4 is 11.1 Å². The molecule has 104 valence electrons. The smallest absolute Gasteiger partial charge is 0.224 e. The van der Waals surface area contributed by atoms with Gasteiger partial charge in [-0.2, -0.15) is 0 Å². The largest absolute Gasteiger partial charge is 0.330 e. The van der Waals surface area contributed by atoms with Crippen LogP contribution in [0.5, 0.6) is 0 Å². The van der Waals surface area contributed by atoms with Gasteiger partial charge in [-0.05, 0) is 36.9 Å². The van der Waals surface area contributed by atoms with Gasteiger partial charge in [0.25, 0.3) is 0 Å². The van der Waals surface area contributed by atoms with E-state index in [2.05, 4.69) is 5.32 Å². The van der Waals surface area contributed by atoms with Crippen LogP contribution in [0.15, 0.2) is 12.1 Å². The predicted molar refractivity (Wildman–Crippen MR) is 75.0 cm³/mol. The van der Waals surface area contributed by atoms with E-state index in [1.165, 1.54) is 12.1 Å². The summed E-state index contributed by atoms with van der Waals surface area (Å²) in [5.41, 5.74) is 6.03. The molecule has 0 spiro atoms. The second kappa shape index (κ2) is 5.65. The van der Waals surface area contributed by atoms with Crippen molar-refractivity contribution in [2.75, 3.05) is 11.9 Å². The fourth-order valence-electron chi connectivity index (χ4n) is 2.30. The van der Waals surface area contributed by atoms with Gasteiger partial charge in [0.15, 0.2) is 5.82 Å². The first-order valence-corrected chi connectivity index (χ1v) is 6.86. The zero-order valence-corrected chi connectivity index (χ0v) is 11.8. The number of amides is 1. The Kier molecular flexibility index (Phi) is 4.33. The maximum absolute atomic E-state index is 13.2. The summed E-state index contributed by atoms with van der Waals surface area (Å²) in [6.07, 6.45) is 3.43. The van der Waals surface area contributed by atoms with Crippen LogP contribution in [0.1, 0.15) is 25.7 Å². The number of hydrogen-bond acceptors (Lipinski definition) is 2. The van der Waals surface area contributed by atoms with Crippen LogP contribution in [0.25, 0.3) is 0 Å². The number of rotatable bonds is 4. The zero-order valence-electron chi connectivity index (χ0n) is 10.3. The van der Waals surface area contributed by atoms with Gasteiger partial charge in [0, 0.05) is 12.1 Å². The molecule has 0 bridgehead atoms. The van der Waals surface area contributed by atoms with Crippen LogP contribution in [0.2, 0.25) is 10.0 Å². The molecule has 1 amide bonds. The lowest BCUT2D eigenvalue weighted by atomic mass is 9.66. The molecule has 19 heavy (non-hydrogen) atoms. The molecule has 3 N–H and O–H groups in total. The minimum absolute atomic E-state index is 0.0717. The van der Waals surface area contributed by atoms with Crippen molar-refractivity contribution in [2.24, 2.45) is 11.1 Å². The molecule has 2 rings (SSSR count). The van der Waals surface area contributed by atoms with E-state index in [4.69, 9.17) is 28.9 Å². The molecule has 0 heterocycles. The summed E-state index contributed by atoms with van der Waals surface area (Å²) >= 11 is 11.3. The van der Waals surface area contributed by atoms with Crippen molar-refractivity contribution < 1.29 is 9.18 Å². The van der Waals surface area contributed by atoms with Crippen LogP contribution in [0.4, 0.5) is 10.1 Å². The lowest BCUT2D eigenvalue weighted by Gasteiger charge is -2.40.